The van der Waals surface area contributed by atoms with Crippen molar-refractivity contribution in [3.8, 4) is 0 Å². The third kappa shape index (κ3) is 7.06. The average Bonchev–Trinajstić information content (AvgIpc) is 2.56. The molecule has 1 aromatic rings. The first kappa shape index (κ1) is 18.7. The van der Waals surface area contributed by atoms with Gasteiger partial charge < -0.3 is 14.8 Å². The Morgan fingerprint density at radius 2 is 1.95 bits per heavy atom. The van der Waals surface area contributed by atoms with E-state index in [0.717, 1.165) is 5.56 Å². The van der Waals surface area contributed by atoms with Crippen LogP contribution in [0.25, 0.3) is 0 Å². The number of hydrogen-bond donors (Lipinski definition) is 1. The highest BCUT2D eigenvalue weighted by molar-refractivity contribution is 14.1. The van der Waals surface area contributed by atoms with Crippen molar-refractivity contribution >= 4 is 34.7 Å². The number of carbonyl (C=O) groups is 2. The highest BCUT2D eigenvalue weighted by atomic mass is 127. The van der Waals surface area contributed by atoms with E-state index in [9.17, 15) is 14.0 Å². The Morgan fingerprint density at radius 3 is 2.55 bits per heavy atom. The molecule has 0 spiro atoms. The van der Waals surface area contributed by atoms with Gasteiger partial charge in [0.1, 0.15) is 25.4 Å². The van der Waals surface area contributed by atoms with Gasteiger partial charge in [0.05, 0.1) is 0 Å². The van der Waals surface area contributed by atoms with Crippen molar-refractivity contribution in [2.24, 2.45) is 0 Å². The van der Waals surface area contributed by atoms with Crippen molar-refractivity contribution < 1.29 is 23.5 Å². The summed E-state index contributed by atoms with van der Waals surface area (Å²) in [4.78, 5) is 23.4. The van der Waals surface area contributed by atoms with E-state index in [2.05, 4.69) is 5.32 Å². The number of benzene rings is 1. The average molecular weight is 423 g/mol. The molecule has 0 aliphatic carbocycles. The fourth-order valence-electron chi connectivity index (χ4n) is 1.46. The molecule has 0 aliphatic heterocycles. The molecule has 0 aliphatic rings. The molecule has 7 heteroatoms. The van der Waals surface area contributed by atoms with Crippen molar-refractivity contribution in [2.45, 2.75) is 32.2 Å². The number of carbonyl (C=O) groups excluding carboxylic acids is 2. The molecule has 0 aromatic heterocycles. The summed E-state index contributed by atoms with van der Waals surface area (Å²) in [5, 5.41) is 2.37. The van der Waals surface area contributed by atoms with Gasteiger partial charge in [-0.05, 0) is 12.0 Å². The van der Waals surface area contributed by atoms with Gasteiger partial charge in [-0.25, -0.2) is 14.0 Å². The maximum atomic E-state index is 13.0. The largest absolute Gasteiger partial charge is 0.459 e. The predicted molar refractivity (Wildman–Crippen MR) is 88.6 cm³/mol. The molecule has 1 aromatic carbocycles. The normalized spacial score (nSPS) is 13.0. The van der Waals surface area contributed by atoms with Crippen molar-refractivity contribution in [3.63, 3.8) is 0 Å². The zero-order chi connectivity index (χ0) is 16.4. The molecule has 2 atom stereocenters. The molecule has 0 radical (unpaired) electrons. The first-order chi connectivity index (χ1) is 10.6. The number of amides is 1. The summed E-state index contributed by atoms with van der Waals surface area (Å²) in [5.74, 6) is -0.553. The minimum atomic E-state index is -1.20. The van der Waals surface area contributed by atoms with Crippen LogP contribution in [-0.2, 0) is 20.9 Å². The van der Waals surface area contributed by atoms with Gasteiger partial charge in [-0.3, -0.25) is 0 Å². The lowest BCUT2D eigenvalue weighted by atomic mass is 10.2. The van der Waals surface area contributed by atoms with Gasteiger partial charge >= 0.3 is 12.1 Å². The van der Waals surface area contributed by atoms with Crippen molar-refractivity contribution in [1.82, 2.24) is 5.32 Å². The summed E-state index contributed by atoms with van der Waals surface area (Å²) < 4.78 is 23.2. The number of hydrogen-bond acceptors (Lipinski definition) is 4. The molecule has 122 valence electrons. The van der Waals surface area contributed by atoms with Crippen LogP contribution in [0.2, 0.25) is 0 Å². The lowest BCUT2D eigenvalue weighted by molar-refractivity contribution is -0.146. The van der Waals surface area contributed by atoms with Crippen LogP contribution in [0.1, 0.15) is 18.9 Å². The maximum Gasteiger partial charge on any atom is 0.407 e. The smallest absolute Gasteiger partial charge is 0.407 e. The third-order valence-corrected chi connectivity index (χ3v) is 3.67. The summed E-state index contributed by atoms with van der Waals surface area (Å²) in [6, 6.07) is 8.40. The lowest BCUT2D eigenvalue weighted by Gasteiger charge is -2.16. The van der Waals surface area contributed by atoms with Crippen LogP contribution in [0.15, 0.2) is 30.3 Å². The molecule has 0 bridgehead atoms. The molecule has 1 N–H and O–H groups in total. The van der Waals surface area contributed by atoms with Gasteiger partial charge in [0, 0.05) is 4.43 Å². The maximum absolute atomic E-state index is 13.0. The molecule has 0 saturated heterocycles. The number of rotatable bonds is 8. The summed E-state index contributed by atoms with van der Waals surface area (Å²) in [6.07, 6.45) is -1.76. The van der Waals surface area contributed by atoms with Gasteiger partial charge in [0.25, 0.3) is 0 Å². The van der Waals surface area contributed by atoms with Crippen LogP contribution in [0, 0.1) is 0 Å². The molecular formula is C15H19FINO4. The highest BCUT2D eigenvalue weighted by Gasteiger charge is 2.22. The Labute approximate surface area is 142 Å². The monoisotopic (exact) mass is 423 g/mol. The number of halogens is 2. The summed E-state index contributed by atoms with van der Waals surface area (Å²) in [5.41, 5.74) is 0.855. The molecular weight excluding hydrogens is 404 g/mol. The Bertz CT molecular complexity index is 472. The van der Waals surface area contributed by atoms with E-state index < -0.39 is 24.3 Å². The minimum absolute atomic E-state index is 0.131. The third-order valence-electron chi connectivity index (χ3n) is 2.79. The quantitative estimate of drug-likeness (QED) is 0.397. The van der Waals surface area contributed by atoms with Crippen molar-refractivity contribution in [1.29, 1.82) is 0 Å². The molecule has 0 heterocycles. The van der Waals surface area contributed by atoms with Crippen LogP contribution in [0.3, 0.4) is 0 Å². The number of alkyl halides is 2. The van der Waals surface area contributed by atoms with E-state index in [1.807, 2.05) is 52.9 Å². The van der Waals surface area contributed by atoms with Crippen LogP contribution >= 0.6 is 22.6 Å². The standard InChI is InChI=1S/C15H19FINO4/c1-2-12(16)10-22-15(20)18-13(8-17)14(19)21-9-11-6-4-3-5-7-11/h3-7,12-13H,2,8-10H2,1H3,(H,18,20). The first-order valence-corrected chi connectivity index (χ1v) is 8.43. The van der Waals surface area contributed by atoms with Gasteiger partial charge in [0.15, 0.2) is 0 Å². The van der Waals surface area contributed by atoms with E-state index in [-0.39, 0.29) is 19.6 Å². The predicted octanol–water partition coefficient (Wildman–Crippen LogP) is 3.01. The summed E-state index contributed by atoms with van der Waals surface area (Å²) in [6.45, 7) is 1.46. The Morgan fingerprint density at radius 1 is 1.27 bits per heavy atom. The fraction of sp³-hybridized carbons (Fsp3) is 0.467. The lowest BCUT2D eigenvalue weighted by Crippen LogP contribution is -2.43. The Balaban J connectivity index is 2.39. The number of nitrogens with one attached hydrogen (secondary N) is 1. The van der Waals surface area contributed by atoms with Crippen molar-refractivity contribution in [2.75, 3.05) is 11.0 Å². The zero-order valence-electron chi connectivity index (χ0n) is 12.3. The van der Waals surface area contributed by atoms with Crippen LogP contribution < -0.4 is 5.32 Å². The first-order valence-electron chi connectivity index (χ1n) is 6.90. The molecule has 22 heavy (non-hydrogen) atoms. The van der Waals surface area contributed by atoms with Gasteiger partial charge in [0.2, 0.25) is 0 Å². The summed E-state index contributed by atoms with van der Waals surface area (Å²) >= 11 is 1.96. The van der Waals surface area contributed by atoms with Gasteiger partial charge in [-0.2, -0.15) is 0 Å². The highest BCUT2D eigenvalue weighted by Crippen LogP contribution is 2.04. The number of alkyl carbamates (subject to hydrolysis) is 1. The van der Waals surface area contributed by atoms with E-state index in [1.165, 1.54) is 0 Å². The summed E-state index contributed by atoms with van der Waals surface area (Å²) in [7, 11) is 0. The number of esters is 1. The fourth-order valence-corrected chi connectivity index (χ4v) is 2.04. The Hall–Kier alpha value is -1.38. The van der Waals surface area contributed by atoms with E-state index in [1.54, 1.807) is 6.92 Å². The van der Waals surface area contributed by atoms with Crippen LogP contribution in [-0.4, -0.2) is 35.3 Å². The molecule has 5 nitrogen and oxygen atoms in total. The van der Waals surface area contributed by atoms with Gasteiger partial charge in [-0.15, -0.1) is 0 Å². The molecule has 2 unspecified atom stereocenters. The zero-order valence-corrected chi connectivity index (χ0v) is 14.4. The van der Waals surface area contributed by atoms with Gasteiger partial charge in [-0.1, -0.05) is 59.8 Å². The van der Waals surface area contributed by atoms with Crippen molar-refractivity contribution in [3.05, 3.63) is 35.9 Å². The second-order valence-electron chi connectivity index (χ2n) is 4.55. The minimum Gasteiger partial charge on any atom is -0.459 e. The molecule has 1 rings (SSSR count). The molecule has 0 fully saturated rings. The second kappa shape index (κ2) is 10.4. The second-order valence-corrected chi connectivity index (χ2v) is 5.43. The van der Waals surface area contributed by atoms with E-state index >= 15 is 0 Å². The SMILES string of the molecule is CCC(F)COC(=O)NC(CI)C(=O)OCc1ccccc1. The topological polar surface area (TPSA) is 64.6 Å². The Kier molecular flexibility index (Phi) is 8.79. The molecule has 0 saturated carbocycles. The number of ether oxygens (including phenoxy) is 2. The van der Waals surface area contributed by atoms with E-state index in [0.29, 0.717) is 4.43 Å². The molecule has 1 amide bonds. The van der Waals surface area contributed by atoms with E-state index in [4.69, 9.17) is 9.47 Å². The van der Waals surface area contributed by atoms with Crippen LogP contribution in [0.5, 0.6) is 0 Å². The van der Waals surface area contributed by atoms with Crippen LogP contribution in [0.4, 0.5) is 9.18 Å².